The van der Waals surface area contributed by atoms with Crippen molar-refractivity contribution in [2.24, 2.45) is 0 Å². The molecular weight excluding hydrogens is 677 g/mol. The number of carbonyl (C=O) groups is 1. The number of hydrogen-bond acceptors (Lipinski definition) is 8. The normalized spacial score (nSPS) is 12.5. The van der Waals surface area contributed by atoms with Crippen molar-refractivity contribution in [3.63, 3.8) is 0 Å². The molecule has 12 heteroatoms. The van der Waals surface area contributed by atoms with Crippen LogP contribution < -0.4 is 5.32 Å². The second-order valence-electron chi connectivity index (χ2n) is 13.3. The van der Waals surface area contributed by atoms with Crippen LogP contribution >= 0.6 is 19.4 Å². The van der Waals surface area contributed by atoms with Crippen molar-refractivity contribution < 1.29 is 42.8 Å². The summed E-state index contributed by atoms with van der Waals surface area (Å²) in [5.74, 6) is 1.81. The summed E-state index contributed by atoms with van der Waals surface area (Å²) in [6.07, 6.45) is 26.5. The molecule has 0 rings (SSSR count). The summed E-state index contributed by atoms with van der Waals surface area (Å²) in [6.45, 7) is 8.16. The highest BCUT2D eigenvalue weighted by Gasteiger charge is 2.13. The fourth-order valence-electron chi connectivity index (χ4n) is 5.32. The summed E-state index contributed by atoms with van der Waals surface area (Å²) in [5.41, 5.74) is 0. The Morgan fingerprint density at radius 2 is 1.06 bits per heavy atom. The molecule has 50 heavy (non-hydrogen) atoms. The number of unbranched alkanes of at least 4 members (excludes halogenated alkanes) is 18. The van der Waals surface area contributed by atoms with Crippen molar-refractivity contribution in [2.45, 2.75) is 161 Å². The zero-order valence-electron chi connectivity index (χ0n) is 32.2. The van der Waals surface area contributed by atoms with E-state index in [9.17, 15) is 9.36 Å². The van der Waals surface area contributed by atoms with Crippen LogP contribution in [0.5, 0.6) is 0 Å². The standard InChI is InChI=1S/C38H78NO9PS/c1-3-5-7-9-11-13-15-17-19-21-26-44-27-23-34-50-35-24-37(40)39-25-29-48-38(36-46-31-30-45-32-33-49(41,42)43)47-28-22-20-18-16-14-12-10-8-6-4-2/h38H,3-36H2,1-2H3,(H,39,40)(H2,41,42,43). The second-order valence-corrected chi connectivity index (χ2v) is 16.3. The van der Waals surface area contributed by atoms with E-state index in [1.54, 1.807) is 11.8 Å². The van der Waals surface area contributed by atoms with Gasteiger partial charge in [-0.1, -0.05) is 129 Å². The summed E-state index contributed by atoms with van der Waals surface area (Å²) in [5, 5.41) is 2.92. The smallest absolute Gasteiger partial charge is 0.327 e. The molecule has 0 saturated carbocycles. The van der Waals surface area contributed by atoms with E-state index in [0.717, 1.165) is 50.4 Å². The van der Waals surface area contributed by atoms with Crippen LogP contribution in [0.25, 0.3) is 0 Å². The molecule has 1 amide bonds. The molecule has 0 aliphatic heterocycles. The van der Waals surface area contributed by atoms with Crippen LogP contribution in [0.4, 0.5) is 0 Å². The average Bonchev–Trinajstić information content (AvgIpc) is 3.09. The minimum Gasteiger partial charge on any atom is -0.381 e. The van der Waals surface area contributed by atoms with Crippen molar-refractivity contribution >= 4 is 25.3 Å². The van der Waals surface area contributed by atoms with Gasteiger partial charge in [-0.15, -0.1) is 0 Å². The van der Waals surface area contributed by atoms with Crippen LogP contribution in [0.15, 0.2) is 0 Å². The average molecular weight is 756 g/mol. The zero-order valence-corrected chi connectivity index (χ0v) is 33.9. The summed E-state index contributed by atoms with van der Waals surface area (Å²) in [6, 6.07) is 0. The van der Waals surface area contributed by atoms with Gasteiger partial charge >= 0.3 is 7.60 Å². The van der Waals surface area contributed by atoms with Gasteiger partial charge in [0.2, 0.25) is 5.91 Å². The molecule has 0 aromatic rings. The molecule has 0 spiro atoms. The van der Waals surface area contributed by atoms with Gasteiger partial charge in [0, 0.05) is 38.5 Å². The Morgan fingerprint density at radius 3 is 1.64 bits per heavy atom. The Kier molecular flexibility index (Phi) is 39.8. The third kappa shape index (κ3) is 42.2. The van der Waals surface area contributed by atoms with Gasteiger partial charge in [0.1, 0.15) is 0 Å². The Hall–Kier alpha value is -0.230. The van der Waals surface area contributed by atoms with Crippen molar-refractivity contribution in [3.05, 3.63) is 0 Å². The summed E-state index contributed by atoms with van der Waals surface area (Å²) < 4.78 is 39.4. The van der Waals surface area contributed by atoms with Gasteiger partial charge in [-0.3, -0.25) is 9.36 Å². The van der Waals surface area contributed by atoms with Crippen LogP contribution in [0, 0.1) is 0 Å². The van der Waals surface area contributed by atoms with Crippen LogP contribution in [-0.4, -0.2) is 99.1 Å². The lowest BCUT2D eigenvalue weighted by Crippen LogP contribution is -2.31. The van der Waals surface area contributed by atoms with Gasteiger partial charge in [-0.05, 0) is 25.0 Å². The Morgan fingerprint density at radius 1 is 0.580 bits per heavy atom. The molecule has 300 valence electrons. The van der Waals surface area contributed by atoms with E-state index in [0.29, 0.717) is 26.2 Å². The highest BCUT2D eigenvalue weighted by Crippen LogP contribution is 2.33. The largest absolute Gasteiger partial charge is 0.381 e. The van der Waals surface area contributed by atoms with E-state index in [-0.39, 0.29) is 38.5 Å². The molecule has 0 aliphatic carbocycles. The first-order valence-corrected chi connectivity index (χ1v) is 23.2. The summed E-state index contributed by atoms with van der Waals surface area (Å²) >= 11 is 1.79. The van der Waals surface area contributed by atoms with Gasteiger partial charge in [0.25, 0.3) is 0 Å². The molecule has 0 heterocycles. The van der Waals surface area contributed by atoms with E-state index in [4.69, 9.17) is 33.5 Å². The molecule has 0 aliphatic rings. The van der Waals surface area contributed by atoms with Crippen molar-refractivity contribution in [1.29, 1.82) is 0 Å². The molecule has 0 aromatic carbocycles. The van der Waals surface area contributed by atoms with Crippen molar-refractivity contribution in [3.8, 4) is 0 Å². The van der Waals surface area contributed by atoms with Gasteiger partial charge < -0.3 is 38.8 Å². The Labute approximate surface area is 311 Å². The molecule has 1 atom stereocenters. The molecule has 0 radical (unpaired) electrons. The summed E-state index contributed by atoms with van der Waals surface area (Å²) in [4.78, 5) is 30.1. The van der Waals surface area contributed by atoms with Gasteiger partial charge in [-0.2, -0.15) is 11.8 Å². The summed E-state index contributed by atoms with van der Waals surface area (Å²) in [7, 11) is -4.05. The van der Waals surface area contributed by atoms with Crippen LogP contribution in [0.1, 0.15) is 155 Å². The maximum Gasteiger partial charge on any atom is 0.327 e. The minimum atomic E-state index is -4.05. The molecule has 0 bridgehead atoms. The fraction of sp³-hybridized carbons (Fsp3) is 0.974. The predicted octanol–water partition coefficient (Wildman–Crippen LogP) is 9.04. The number of ether oxygens (including phenoxy) is 5. The Balaban J connectivity index is 3.89. The zero-order chi connectivity index (χ0) is 36.6. The molecule has 3 N–H and O–H groups in total. The van der Waals surface area contributed by atoms with Crippen LogP contribution in [0.3, 0.4) is 0 Å². The molecular formula is C38H78NO9PS. The van der Waals surface area contributed by atoms with Gasteiger partial charge in [0.15, 0.2) is 6.29 Å². The van der Waals surface area contributed by atoms with E-state index in [1.807, 2.05) is 0 Å². The molecule has 0 aromatic heterocycles. The Bertz CT molecular complexity index is 747. The monoisotopic (exact) mass is 756 g/mol. The van der Waals surface area contributed by atoms with Crippen molar-refractivity contribution in [2.75, 3.05) is 77.1 Å². The number of thioether (sulfide) groups is 1. The van der Waals surface area contributed by atoms with E-state index >= 15 is 0 Å². The molecule has 0 fully saturated rings. The lowest BCUT2D eigenvalue weighted by atomic mass is 10.1. The highest BCUT2D eigenvalue weighted by atomic mass is 32.2. The first kappa shape index (κ1) is 49.8. The van der Waals surface area contributed by atoms with Gasteiger partial charge in [0.05, 0.1) is 39.2 Å². The molecule has 0 saturated heterocycles. The quantitative estimate of drug-likeness (QED) is 0.0315. The third-order valence-corrected chi connectivity index (χ3v) is 10.2. The van der Waals surface area contributed by atoms with E-state index in [1.165, 1.54) is 109 Å². The maximum absolute atomic E-state index is 12.3. The topological polar surface area (TPSA) is 133 Å². The SMILES string of the molecule is CCCCCCCCCCCCOCCCSCCC(=O)NCCOC(COCCOCCP(=O)(O)O)OCCCCCCCCCCCC. The van der Waals surface area contributed by atoms with Crippen LogP contribution in [0.2, 0.25) is 0 Å². The molecule has 10 nitrogen and oxygen atoms in total. The number of amides is 1. The highest BCUT2D eigenvalue weighted by molar-refractivity contribution is 7.99. The first-order valence-electron chi connectivity index (χ1n) is 20.2. The number of carbonyl (C=O) groups excluding carboxylic acids is 1. The third-order valence-electron chi connectivity index (χ3n) is 8.38. The minimum absolute atomic E-state index is 0.0184. The van der Waals surface area contributed by atoms with Crippen molar-refractivity contribution in [1.82, 2.24) is 5.32 Å². The number of hydrogen-bond donors (Lipinski definition) is 3. The number of rotatable bonds is 42. The predicted molar refractivity (Wildman–Crippen MR) is 208 cm³/mol. The second kappa shape index (κ2) is 40.0. The first-order chi connectivity index (χ1) is 24.4. The molecule has 1 unspecified atom stereocenters. The van der Waals surface area contributed by atoms with Gasteiger partial charge in [-0.25, -0.2) is 0 Å². The lowest BCUT2D eigenvalue weighted by Gasteiger charge is -2.19. The van der Waals surface area contributed by atoms with E-state index in [2.05, 4.69) is 19.2 Å². The lowest BCUT2D eigenvalue weighted by molar-refractivity contribution is -0.174. The number of nitrogens with one attached hydrogen (secondary N) is 1. The van der Waals surface area contributed by atoms with E-state index < -0.39 is 13.9 Å². The maximum atomic E-state index is 12.3. The van der Waals surface area contributed by atoms with Crippen LogP contribution in [-0.2, 0) is 33.0 Å². The fourth-order valence-corrected chi connectivity index (χ4v) is 6.55.